The maximum absolute atomic E-state index is 4.54. The summed E-state index contributed by atoms with van der Waals surface area (Å²) < 4.78 is 0. The molecule has 1 rings (SSSR count). The van der Waals surface area contributed by atoms with Crippen LogP contribution in [0.2, 0.25) is 0 Å². The first-order valence-corrected chi connectivity index (χ1v) is 6.98. The summed E-state index contributed by atoms with van der Waals surface area (Å²) in [7, 11) is 0. The first-order chi connectivity index (χ1) is 7.65. The van der Waals surface area contributed by atoms with Crippen molar-refractivity contribution in [3.8, 4) is 0 Å². The molecule has 0 aliphatic rings. The molecule has 2 nitrogen and oxygen atoms in total. The van der Waals surface area contributed by atoms with Crippen molar-refractivity contribution in [3.63, 3.8) is 0 Å². The van der Waals surface area contributed by atoms with Gasteiger partial charge in [-0.3, -0.25) is 9.88 Å². The summed E-state index contributed by atoms with van der Waals surface area (Å²) in [5.74, 6) is 0.685. The highest BCUT2D eigenvalue weighted by molar-refractivity contribution is 9.09. The number of hydrogen-bond donors (Lipinski definition) is 0. The van der Waals surface area contributed by atoms with Gasteiger partial charge in [-0.2, -0.15) is 0 Å². The number of aromatic nitrogens is 1. The molecule has 90 valence electrons. The van der Waals surface area contributed by atoms with E-state index in [-0.39, 0.29) is 0 Å². The van der Waals surface area contributed by atoms with Crippen molar-refractivity contribution in [3.05, 3.63) is 29.6 Å². The molecule has 0 radical (unpaired) electrons. The van der Waals surface area contributed by atoms with E-state index in [1.54, 1.807) is 0 Å². The summed E-state index contributed by atoms with van der Waals surface area (Å²) in [6, 6.07) is 6.23. The van der Waals surface area contributed by atoms with Crippen LogP contribution in [0.4, 0.5) is 0 Å². The molecule has 1 unspecified atom stereocenters. The molecular formula is C13H21BrN2. The largest absolute Gasteiger partial charge is 0.297 e. The van der Waals surface area contributed by atoms with Gasteiger partial charge in [0.1, 0.15) is 0 Å². The van der Waals surface area contributed by atoms with Gasteiger partial charge in [-0.25, -0.2) is 0 Å². The van der Waals surface area contributed by atoms with Crippen LogP contribution in [-0.2, 0) is 6.54 Å². The molecule has 16 heavy (non-hydrogen) atoms. The normalized spacial score (nSPS) is 13.1. The van der Waals surface area contributed by atoms with Gasteiger partial charge < -0.3 is 0 Å². The van der Waals surface area contributed by atoms with Gasteiger partial charge in [0.2, 0.25) is 0 Å². The van der Waals surface area contributed by atoms with Crippen LogP contribution in [0, 0.1) is 12.8 Å². The van der Waals surface area contributed by atoms with Crippen LogP contribution < -0.4 is 0 Å². The molecular weight excluding hydrogens is 264 g/mol. The molecule has 0 aliphatic carbocycles. The fourth-order valence-corrected chi connectivity index (χ4v) is 1.92. The molecule has 0 bridgehead atoms. The molecule has 0 aliphatic heterocycles. The summed E-state index contributed by atoms with van der Waals surface area (Å²) in [6.45, 7) is 9.67. The lowest BCUT2D eigenvalue weighted by Gasteiger charge is -2.23. The number of aryl methyl sites for hydroxylation is 1. The highest BCUT2D eigenvalue weighted by Crippen LogP contribution is 2.08. The number of pyridine rings is 1. The summed E-state index contributed by atoms with van der Waals surface area (Å²) >= 11 is 3.53. The van der Waals surface area contributed by atoms with E-state index < -0.39 is 0 Å². The predicted molar refractivity (Wildman–Crippen MR) is 72.9 cm³/mol. The first kappa shape index (κ1) is 13.7. The lowest BCUT2D eigenvalue weighted by Crippen LogP contribution is -2.29. The van der Waals surface area contributed by atoms with Gasteiger partial charge in [-0.1, -0.05) is 35.8 Å². The molecule has 1 aromatic rings. The molecule has 0 aromatic carbocycles. The van der Waals surface area contributed by atoms with Crippen molar-refractivity contribution >= 4 is 15.9 Å². The van der Waals surface area contributed by atoms with Crippen LogP contribution in [0.3, 0.4) is 0 Å². The second kappa shape index (κ2) is 7.02. The molecule has 0 N–H and O–H groups in total. The highest BCUT2D eigenvalue weighted by Gasteiger charge is 2.08. The van der Waals surface area contributed by atoms with Crippen molar-refractivity contribution in [2.75, 3.05) is 18.4 Å². The predicted octanol–water partition coefficient (Wildman–Crippen LogP) is 3.24. The van der Waals surface area contributed by atoms with E-state index in [2.05, 4.69) is 51.8 Å². The van der Waals surface area contributed by atoms with Gasteiger partial charge in [0.25, 0.3) is 0 Å². The molecule has 1 aromatic heterocycles. The zero-order valence-electron chi connectivity index (χ0n) is 10.4. The number of halogens is 1. The van der Waals surface area contributed by atoms with Crippen LogP contribution in [-0.4, -0.2) is 28.3 Å². The summed E-state index contributed by atoms with van der Waals surface area (Å²) in [6.07, 6.45) is 0. The molecule has 1 atom stereocenters. The Kier molecular flexibility index (Phi) is 5.99. The Morgan fingerprint density at radius 2 is 2.19 bits per heavy atom. The van der Waals surface area contributed by atoms with E-state index in [1.165, 1.54) is 5.69 Å². The number of hydrogen-bond acceptors (Lipinski definition) is 2. The lowest BCUT2D eigenvalue weighted by molar-refractivity contribution is 0.247. The number of alkyl halides is 1. The molecule has 0 spiro atoms. The summed E-state index contributed by atoms with van der Waals surface area (Å²) in [4.78, 5) is 6.98. The molecule has 0 amide bonds. The molecule has 0 fully saturated rings. The van der Waals surface area contributed by atoms with Crippen molar-refractivity contribution in [2.24, 2.45) is 5.92 Å². The van der Waals surface area contributed by atoms with Gasteiger partial charge in [-0.15, -0.1) is 0 Å². The van der Waals surface area contributed by atoms with Crippen LogP contribution in [0.1, 0.15) is 25.2 Å². The van der Waals surface area contributed by atoms with Crippen molar-refractivity contribution in [2.45, 2.75) is 27.3 Å². The van der Waals surface area contributed by atoms with Crippen molar-refractivity contribution < 1.29 is 0 Å². The standard InChI is InChI=1S/C13H21BrN2/c1-4-16(9-11(2)8-14)10-13-7-5-6-12(3)15-13/h5-7,11H,4,8-10H2,1-3H3. The van der Waals surface area contributed by atoms with Crippen molar-refractivity contribution in [1.82, 2.24) is 9.88 Å². The monoisotopic (exact) mass is 284 g/mol. The summed E-state index contributed by atoms with van der Waals surface area (Å²) in [5, 5.41) is 1.06. The SMILES string of the molecule is CCN(Cc1cccc(C)n1)CC(C)CBr. The van der Waals surface area contributed by atoms with Gasteiger partial charge in [-0.05, 0) is 31.5 Å². The Morgan fingerprint density at radius 3 is 2.75 bits per heavy atom. The van der Waals surface area contributed by atoms with Gasteiger partial charge in [0.05, 0.1) is 5.69 Å². The zero-order valence-corrected chi connectivity index (χ0v) is 12.0. The van der Waals surface area contributed by atoms with Gasteiger partial charge in [0.15, 0.2) is 0 Å². The number of rotatable bonds is 6. The molecule has 0 saturated carbocycles. The lowest BCUT2D eigenvalue weighted by atomic mass is 10.2. The smallest absolute Gasteiger partial charge is 0.0547 e. The van der Waals surface area contributed by atoms with Crippen LogP contribution >= 0.6 is 15.9 Å². The first-order valence-electron chi connectivity index (χ1n) is 5.86. The number of nitrogens with zero attached hydrogens (tertiary/aromatic N) is 2. The minimum atomic E-state index is 0.685. The molecule has 3 heteroatoms. The van der Waals surface area contributed by atoms with E-state index in [4.69, 9.17) is 0 Å². The van der Waals surface area contributed by atoms with Crippen LogP contribution in [0.25, 0.3) is 0 Å². The maximum atomic E-state index is 4.54. The van der Waals surface area contributed by atoms with Gasteiger partial charge >= 0.3 is 0 Å². The minimum absolute atomic E-state index is 0.685. The topological polar surface area (TPSA) is 16.1 Å². The Balaban J connectivity index is 2.56. The minimum Gasteiger partial charge on any atom is -0.297 e. The Labute approximate surface area is 107 Å². The highest BCUT2D eigenvalue weighted by atomic mass is 79.9. The third kappa shape index (κ3) is 4.62. The Hall–Kier alpha value is -0.410. The third-order valence-corrected chi connectivity index (χ3v) is 3.72. The fraction of sp³-hybridized carbons (Fsp3) is 0.615. The second-order valence-corrected chi connectivity index (χ2v) is 5.00. The molecule has 1 heterocycles. The molecule has 0 saturated heterocycles. The van der Waals surface area contributed by atoms with E-state index in [9.17, 15) is 0 Å². The average molecular weight is 285 g/mol. The van der Waals surface area contributed by atoms with Crippen LogP contribution in [0.15, 0.2) is 18.2 Å². The van der Waals surface area contributed by atoms with E-state index >= 15 is 0 Å². The average Bonchev–Trinajstić information content (AvgIpc) is 2.28. The fourth-order valence-electron chi connectivity index (χ4n) is 1.71. The van der Waals surface area contributed by atoms with Gasteiger partial charge in [0, 0.05) is 24.1 Å². The Morgan fingerprint density at radius 1 is 1.44 bits per heavy atom. The second-order valence-electron chi connectivity index (χ2n) is 4.36. The zero-order chi connectivity index (χ0) is 12.0. The maximum Gasteiger partial charge on any atom is 0.0547 e. The quantitative estimate of drug-likeness (QED) is 0.746. The van der Waals surface area contributed by atoms with E-state index in [0.717, 1.165) is 30.7 Å². The van der Waals surface area contributed by atoms with Crippen molar-refractivity contribution in [1.29, 1.82) is 0 Å². The third-order valence-electron chi connectivity index (χ3n) is 2.61. The van der Waals surface area contributed by atoms with E-state index in [0.29, 0.717) is 5.92 Å². The Bertz CT molecular complexity index is 315. The summed E-state index contributed by atoms with van der Waals surface area (Å²) in [5.41, 5.74) is 2.27. The van der Waals surface area contributed by atoms with Crippen LogP contribution in [0.5, 0.6) is 0 Å². The van der Waals surface area contributed by atoms with E-state index in [1.807, 2.05) is 13.0 Å².